The minimum absolute atomic E-state index is 0.165. The summed E-state index contributed by atoms with van der Waals surface area (Å²) >= 11 is 0. The monoisotopic (exact) mass is 164 g/mol. The molecule has 66 valence electrons. The second kappa shape index (κ2) is 4.91. The highest BCUT2D eigenvalue weighted by molar-refractivity contribution is 5.18. The largest absolute Gasteiger partial charge is 0.324 e. The SMILES string of the molecule is CNCC[C@H](N)c1ccccc1. The molecule has 0 radical (unpaired) electrons. The van der Waals surface area contributed by atoms with Crippen LogP contribution in [0.1, 0.15) is 18.0 Å². The van der Waals surface area contributed by atoms with E-state index >= 15 is 0 Å². The summed E-state index contributed by atoms with van der Waals surface area (Å²) in [5.41, 5.74) is 7.16. The molecule has 0 aliphatic heterocycles. The van der Waals surface area contributed by atoms with Gasteiger partial charge < -0.3 is 11.1 Å². The van der Waals surface area contributed by atoms with E-state index in [2.05, 4.69) is 17.4 Å². The topological polar surface area (TPSA) is 38.0 Å². The average Bonchev–Trinajstić information content (AvgIpc) is 2.15. The molecule has 12 heavy (non-hydrogen) atoms. The fourth-order valence-electron chi connectivity index (χ4n) is 1.17. The molecule has 2 heteroatoms. The number of nitrogens with one attached hydrogen (secondary N) is 1. The highest BCUT2D eigenvalue weighted by Gasteiger charge is 2.02. The van der Waals surface area contributed by atoms with E-state index in [1.165, 1.54) is 5.56 Å². The van der Waals surface area contributed by atoms with Gasteiger partial charge in [0, 0.05) is 6.04 Å². The molecule has 0 unspecified atom stereocenters. The fourth-order valence-corrected chi connectivity index (χ4v) is 1.17. The summed E-state index contributed by atoms with van der Waals surface area (Å²) in [6, 6.07) is 10.4. The molecule has 0 aliphatic rings. The Balaban J connectivity index is 2.48. The molecule has 0 spiro atoms. The zero-order valence-corrected chi connectivity index (χ0v) is 7.46. The van der Waals surface area contributed by atoms with Crippen molar-refractivity contribution >= 4 is 0 Å². The minimum atomic E-state index is 0.165. The Morgan fingerprint density at radius 3 is 2.58 bits per heavy atom. The lowest BCUT2D eigenvalue weighted by Crippen LogP contribution is -2.17. The van der Waals surface area contributed by atoms with Crippen LogP contribution in [0.15, 0.2) is 30.3 Å². The molecule has 1 atom stereocenters. The van der Waals surface area contributed by atoms with Gasteiger partial charge in [-0.05, 0) is 25.6 Å². The molecule has 3 N–H and O–H groups in total. The number of hydrogen-bond donors (Lipinski definition) is 2. The standard InChI is InChI=1S/C10H16N2/c1-12-8-7-10(11)9-5-3-2-4-6-9/h2-6,10,12H,7-8,11H2,1H3/t10-/m0/s1. The second-order valence-corrected chi connectivity index (χ2v) is 2.91. The van der Waals surface area contributed by atoms with Crippen LogP contribution < -0.4 is 11.1 Å². The van der Waals surface area contributed by atoms with Gasteiger partial charge in [0.1, 0.15) is 0 Å². The van der Waals surface area contributed by atoms with Gasteiger partial charge in [-0.3, -0.25) is 0 Å². The third-order valence-corrected chi connectivity index (χ3v) is 1.93. The van der Waals surface area contributed by atoms with Crippen LogP contribution in [0.3, 0.4) is 0 Å². The smallest absolute Gasteiger partial charge is 0.0306 e. The molecule has 0 saturated heterocycles. The summed E-state index contributed by atoms with van der Waals surface area (Å²) in [7, 11) is 1.94. The van der Waals surface area contributed by atoms with Gasteiger partial charge in [-0.2, -0.15) is 0 Å². The van der Waals surface area contributed by atoms with Crippen LogP contribution in [0.4, 0.5) is 0 Å². The first-order valence-corrected chi connectivity index (χ1v) is 4.29. The van der Waals surface area contributed by atoms with E-state index < -0.39 is 0 Å². The Bertz CT molecular complexity index is 208. The minimum Gasteiger partial charge on any atom is -0.324 e. The fraction of sp³-hybridized carbons (Fsp3) is 0.400. The molecule has 0 amide bonds. The molecule has 1 aromatic rings. The summed E-state index contributed by atoms with van der Waals surface area (Å²) in [4.78, 5) is 0. The van der Waals surface area contributed by atoms with Crippen molar-refractivity contribution in [3.05, 3.63) is 35.9 Å². The van der Waals surface area contributed by atoms with Crippen molar-refractivity contribution in [2.75, 3.05) is 13.6 Å². The summed E-state index contributed by atoms with van der Waals surface area (Å²) in [6.07, 6.45) is 0.987. The summed E-state index contributed by atoms with van der Waals surface area (Å²) in [5, 5.41) is 3.09. The first-order valence-electron chi connectivity index (χ1n) is 4.29. The van der Waals surface area contributed by atoms with E-state index in [1.54, 1.807) is 0 Å². The van der Waals surface area contributed by atoms with E-state index in [9.17, 15) is 0 Å². The molecule has 0 fully saturated rings. The number of rotatable bonds is 4. The van der Waals surface area contributed by atoms with Crippen LogP contribution in [0.2, 0.25) is 0 Å². The van der Waals surface area contributed by atoms with Crippen LogP contribution in [0.25, 0.3) is 0 Å². The highest BCUT2D eigenvalue weighted by atomic mass is 14.8. The van der Waals surface area contributed by atoms with Gasteiger partial charge in [0.2, 0.25) is 0 Å². The second-order valence-electron chi connectivity index (χ2n) is 2.91. The van der Waals surface area contributed by atoms with Crippen molar-refractivity contribution < 1.29 is 0 Å². The molecule has 0 bridgehead atoms. The maximum absolute atomic E-state index is 5.94. The zero-order chi connectivity index (χ0) is 8.81. The maximum atomic E-state index is 5.94. The first-order chi connectivity index (χ1) is 5.84. The van der Waals surface area contributed by atoms with Crippen LogP contribution >= 0.6 is 0 Å². The van der Waals surface area contributed by atoms with Crippen LogP contribution in [0, 0.1) is 0 Å². The lowest BCUT2D eigenvalue weighted by atomic mass is 10.1. The number of hydrogen-bond acceptors (Lipinski definition) is 2. The van der Waals surface area contributed by atoms with E-state index in [-0.39, 0.29) is 6.04 Å². The number of nitrogens with two attached hydrogens (primary N) is 1. The van der Waals surface area contributed by atoms with E-state index in [0.29, 0.717) is 0 Å². The van der Waals surface area contributed by atoms with Gasteiger partial charge in [-0.25, -0.2) is 0 Å². The van der Waals surface area contributed by atoms with Crippen LogP contribution in [-0.2, 0) is 0 Å². The van der Waals surface area contributed by atoms with Gasteiger partial charge in [-0.1, -0.05) is 30.3 Å². The zero-order valence-electron chi connectivity index (χ0n) is 7.46. The number of benzene rings is 1. The predicted octanol–water partition coefficient (Wildman–Crippen LogP) is 1.30. The van der Waals surface area contributed by atoms with Crippen LogP contribution in [0.5, 0.6) is 0 Å². The van der Waals surface area contributed by atoms with Gasteiger partial charge in [-0.15, -0.1) is 0 Å². The van der Waals surface area contributed by atoms with Gasteiger partial charge in [0.05, 0.1) is 0 Å². The lowest BCUT2D eigenvalue weighted by Gasteiger charge is -2.10. The third kappa shape index (κ3) is 2.64. The third-order valence-electron chi connectivity index (χ3n) is 1.93. The summed E-state index contributed by atoms with van der Waals surface area (Å²) < 4.78 is 0. The molecule has 0 heterocycles. The van der Waals surface area contributed by atoms with E-state index in [4.69, 9.17) is 5.73 Å². The van der Waals surface area contributed by atoms with Crippen molar-refractivity contribution in [2.45, 2.75) is 12.5 Å². The maximum Gasteiger partial charge on any atom is 0.0306 e. The predicted molar refractivity (Wildman–Crippen MR) is 51.9 cm³/mol. The molecule has 1 aromatic carbocycles. The molecule has 0 aromatic heterocycles. The van der Waals surface area contributed by atoms with Gasteiger partial charge in [0.25, 0.3) is 0 Å². The molecular weight excluding hydrogens is 148 g/mol. The molecular formula is C10H16N2. The van der Waals surface area contributed by atoms with Gasteiger partial charge in [0.15, 0.2) is 0 Å². The molecule has 0 saturated carbocycles. The van der Waals surface area contributed by atoms with Crippen molar-refractivity contribution in [1.82, 2.24) is 5.32 Å². The molecule has 0 aliphatic carbocycles. The Morgan fingerprint density at radius 1 is 1.33 bits per heavy atom. The van der Waals surface area contributed by atoms with Crippen molar-refractivity contribution in [3.8, 4) is 0 Å². The summed E-state index contributed by atoms with van der Waals surface area (Å²) in [6.45, 7) is 0.968. The molecule has 1 rings (SSSR count). The van der Waals surface area contributed by atoms with Crippen molar-refractivity contribution in [1.29, 1.82) is 0 Å². The van der Waals surface area contributed by atoms with E-state index in [0.717, 1.165) is 13.0 Å². The van der Waals surface area contributed by atoms with E-state index in [1.807, 2.05) is 25.2 Å². The normalized spacial score (nSPS) is 12.8. The van der Waals surface area contributed by atoms with Gasteiger partial charge >= 0.3 is 0 Å². The Hall–Kier alpha value is -0.860. The quantitative estimate of drug-likeness (QED) is 0.704. The Labute approximate surface area is 73.8 Å². The Kier molecular flexibility index (Phi) is 3.77. The van der Waals surface area contributed by atoms with Crippen LogP contribution in [-0.4, -0.2) is 13.6 Å². The molecule has 2 nitrogen and oxygen atoms in total. The van der Waals surface area contributed by atoms with Crippen molar-refractivity contribution in [3.63, 3.8) is 0 Å². The lowest BCUT2D eigenvalue weighted by molar-refractivity contribution is 0.616. The van der Waals surface area contributed by atoms with Crippen molar-refractivity contribution in [2.24, 2.45) is 5.73 Å². The Morgan fingerprint density at radius 2 is 2.00 bits per heavy atom. The summed E-state index contributed by atoms with van der Waals surface area (Å²) in [5.74, 6) is 0. The highest BCUT2D eigenvalue weighted by Crippen LogP contribution is 2.11. The first kappa shape index (κ1) is 9.23. The average molecular weight is 164 g/mol.